The van der Waals surface area contributed by atoms with E-state index in [4.69, 9.17) is 9.31 Å². The van der Waals surface area contributed by atoms with E-state index in [0.717, 1.165) is 30.0 Å². The highest BCUT2D eigenvalue weighted by Gasteiger charge is 2.52. The standard InChI is InChI=1S/C18H22BF3O5S/c1-11(23)28-10-13(19-26-16(2,3)17(4,5)27-19)8-12-9-14(24)6-7-15(12)25-18(20,21)22/h6-9,24H,10H2,1-5H3. The Morgan fingerprint density at radius 2 is 1.82 bits per heavy atom. The Labute approximate surface area is 166 Å². The number of hydrogen-bond acceptors (Lipinski definition) is 6. The molecule has 0 spiro atoms. The Bertz CT molecular complexity index is 761. The monoisotopic (exact) mass is 418 g/mol. The molecule has 1 N–H and O–H groups in total. The molecule has 154 valence electrons. The summed E-state index contributed by atoms with van der Waals surface area (Å²) < 4.78 is 54.1. The summed E-state index contributed by atoms with van der Waals surface area (Å²) in [7, 11) is -0.863. The highest BCUT2D eigenvalue weighted by molar-refractivity contribution is 8.13. The van der Waals surface area contributed by atoms with Crippen molar-refractivity contribution >= 4 is 30.1 Å². The molecule has 2 rings (SSSR count). The van der Waals surface area contributed by atoms with Crippen molar-refractivity contribution in [2.75, 3.05) is 5.75 Å². The van der Waals surface area contributed by atoms with E-state index in [9.17, 15) is 23.1 Å². The molecule has 1 fully saturated rings. The second kappa shape index (κ2) is 8.00. The zero-order valence-electron chi connectivity index (χ0n) is 16.2. The summed E-state index contributed by atoms with van der Waals surface area (Å²) in [5.74, 6) is -0.562. The van der Waals surface area contributed by atoms with Gasteiger partial charge in [-0.15, -0.1) is 13.2 Å². The molecule has 1 aliphatic heterocycles. The van der Waals surface area contributed by atoms with Gasteiger partial charge in [-0.2, -0.15) is 0 Å². The molecule has 0 aromatic heterocycles. The van der Waals surface area contributed by atoms with Crippen LogP contribution in [0.1, 0.15) is 40.2 Å². The van der Waals surface area contributed by atoms with E-state index in [1.54, 1.807) is 0 Å². The number of ether oxygens (including phenoxy) is 1. The predicted molar refractivity (Wildman–Crippen MR) is 102 cm³/mol. The molecule has 0 unspecified atom stereocenters. The molecule has 0 radical (unpaired) electrons. The van der Waals surface area contributed by atoms with Crippen LogP contribution in [0.2, 0.25) is 0 Å². The van der Waals surface area contributed by atoms with Crippen LogP contribution in [0.25, 0.3) is 6.08 Å². The minimum atomic E-state index is -4.89. The highest BCUT2D eigenvalue weighted by Crippen LogP contribution is 2.40. The first-order valence-electron chi connectivity index (χ1n) is 8.48. The molecule has 1 heterocycles. The van der Waals surface area contributed by atoms with Crippen molar-refractivity contribution < 1.29 is 37.1 Å². The van der Waals surface area contributed by atoms with Gasteiger partial charge in [-0.05, 0) is 51.4 Å². The molecule has 0 amide bonds. The lowest BCUT2D eigenvalue weighted by Crippen LogP contribution is -2.41. The van der Waals surface area contributed by atoms with Crippen LogP contribution in [0.3, 0.4) is 0 Å². The van der Waals surface area contributed by atoms with Crippen LogP contribution in [0.5, 0.6) is 11.5 Å². The Hall–Kier alpha value is -1.65. The molecule has 0 saturated carbocycles. The summed E-state index contributed by atoms with van der Waals surface area (Å²) in [6, 6.07) is 3.26. The molecule has 10 heteroatoms. The number of benzene rings is 1. The fourth-order valence-electron chi connectivity index (χ4n) is 2.42. The van der Waals surface area contributed by atoms with Crippen LogP contribution in [0, 0.1) is 0 Å². The van der Waals surface area contributed by atoms with E-state index in [2.05, 4.69) is 4.74 Å². The fraction of sp³-hybridized carbons (Fsp3) is 0.500. The molecule has 0 atom stereocenters. The molecule has 0 bridgehead atoms. The quantitative estimate of drug-likeness (QED) is 0.706. The lowest BCUT2D eigenvalue weighted by molar-refractivity contribution is -0.274. The SMILES string of the molecule is CC(=O)SCC(=Cc1cc(O)ccc1OC(F)(F)F)B1OC(C)(C)C(C)(C)O1. The average molecular weight is 418 g/mol. The topological polar surface area (TPSA) is 65.0 Å². The number of rotatable bonds is 5. The Morgan fingerprint density at radius 1 is 1.25 bits per heavy atom. The van der Waals surface area contributed by atoms with Crippen molar-refractivity contribution in [2.45, 2.75) is 52.2 Å². The first-order valence-corrected chi connectivity index (χ1v) is 9.47. The van der Waals surface area contributed by atoms with Gasteiger partial charge in [0.2, 0.25) is 0 Å². The van der Waals surface area contributed by atoms with Gasteiger partial charge in [-0.3, -0.25) is 4.79 Å². The minimum Gasteiger partial charge on any atom is -0.508 e. The first kappa shape index (κ1) is 22.6. The van der Waals surface area contributed by atoms with Gasteiger partial charge in [-0.1, -0.05) is 17.8 Å². The largest absolute Gasteiger partial charge is 0.573 e. The number of thioether (sulfide) groups is 1. The summed E-state index contributed by atoms with van der Waals surface area (Å²) in [6.45, 7) is 8.76. The Kier molecular flexibility index (Phi) is 6.47. The summed E-state index contributed by atoms with van der Waals surface area (Å²) in [6.07, 6.45) is -3.50. The minimum absolute atomic E-state index is 0.00816. The third-order valence-corrected chi connectivity index (χ3v) is 5.44. The predicted octanol–water partition coefficient (Wildman–Crippen LogP) is 4.59. The van der Waals surface area contributed by atoms with Crippen LogP contribution in [-0.2, 0) is 14.1 Å². The van der Waals surface area contributed by atoms with Gasteiger partial charge in [0.25, 0.3) is 0 Å². The van der Waals surface area contributed by atoms with Gasteiger partial charge in [-0.25, -0.2) is 0 Å². The summed E-state index contributed by atoms with van der Waals surface area (Å²) in [5, 5.41) is 9.55. The highest BCUT2D eigenvalue weighted by atomic mass is 32.2. The van der Waals surface area contributed by atoms with Gasteiger partial charge in [0.1, 0.15) is 11.5 Å². The zero-order chi connectivity index (χ0) is 21.3. The third kappa shape index (κ3) is 5.68. The van der Waals surface area contributed by atoms with Crippen molar-refractivity contribution in [3.05, 3.63) is 29.2 Å². The second-order valence-corrected chi connectivity index (χ2v) is 8.51. The number of halogens is 3. The molecule has 1 aromatic carbocycles. The Balaban J connectivity index is 2.46. The van der Waals surface area contributed by atoms with E-state index >= 15 is 0 Å². The van der Waals surface area contributed by atoms with E-state index in [1.807, 2.05) is 27.7 Å². The maximum Gasteiger partial charge on any atom is 0.573 e. The molecule has 1 saturated heterocycles. The van der Waals surface area contributed by atoms with E-state index in [-0.39, 0.29) is 22.2 Å². The number of aromatic hydroxyl groups is 1. The lowest BCUT2D eigenvalue weighted by atomic mass is 9.78. The Morgan fingerprint density at radius 3 is 2.32 bits per heavy atom. The molecule has 0 aliphatic carbocycles. The number of phenols is 1. The third-order valence-electron chi connectivity index (χ3n) is 4.56. The number of hydrogen-bond donors (Lipinski definition) is 1. The van der Waals surface area contributed by atoms with Gasteiger partial charge in [0, 0.05) is 18.2 Å². The smallest absolute Gasteiger partial charge is 0.508 e. The first-order chi connectivity index (χ1) is 12.7. The lowest BCUT2D eigenvalue weighted by Gasteiger charge is -2.32. The van der Waals surface area contributed by atoms with Gasteiger partial charge in [0.05, 0.1) is 11.2 Å². The van der Waals surface area contributed by atoms with Crippen molar-refractivity contribution in [3.8, 4) is 11.5 Å². The normalized spacial score (nSPS) is 19.0. The van der Waals surface area contributed by atoms with Crippen LogP contribution < -0.4 is 4.74 Å². The molecule has 28 heavy (non-hydrogen) atoms. The van der Waals surface area contributed by atoms with Crippen molar-refractivity contribution in [3.63, 3.8) is 0 Å². The van der Waals surface area contributed by atoms with Crippen LogP contribution in [-0.4, -0.2) is 40.7 Å². The molecule has 1 aliphatic rings. The number of carbonyl (C=O) groups excluding carboxylic acids is 1. The maximum absolute atomic E-state index is 12.7. The van der Waals surface area contributed by atoms with Gasteiger partial charge in [0.15, 0.2) is 5.12 Å². The van der Waals surface area contributed by atoms with Crippen LogP contribution in [0.15, 0.2) is 23.7 Å². The maximum atomic E-state index is 12.7. The summed E-state index contributed by atoms with van der Waals surface area (Å²) in [4.78, 5) is 11.4. The second-order valence-electron chi connectivity index (χ2n) is 7.36. The fourth-order valence-corrected chi connectivity index (χ4v) is 3.01. The average Bonchev–Trinajstić information content (AvgIpc) is 2.72. The zero-order valence-corrected chi connectivity index (χ0v) is 17.0. The number of alkyl halides is 3. The molecular formula is C18H22BF3O5S. The van der Waals surface area contributed by atoms with Crippen molar-refractivity contribution in [2.24, 2.45) is 0 Å². The summed E-state index contributed by atoms with van der Waals surface area (Å²) in [5.41, 5.74) is -0.897. The van der Waals surface area contributed by atoms with E-state index < -0.39 is 30.4 Å². The van der Waals surface area contributed by atoms with E-state index in [1.165, 1.54) is 13.0 Å². The van der Waals surface area contributed by atoms with Crippen molar-refractivity contribution in [1.82, 2.24) is 0 Å². The van der Waals surface area contributed by atoms with Crippen LogP contribution >= 0.6 is 11.8 Å². The van der Waals surface area contributed by atoms with Gasteiger partial charge < -0.3 is 19.2 Å². The van der Waals surface area contributed by atoms with Gasteiger partial charge >= 0.3 is 13.5 Å². The molecule has 1 aromatic rings. The van der Waals surface area contributed by atoms with Crippen molar-refractivity contribution in [1.29, 1.82) is 0 Å². The summed E-state index contributed by atoms with van der Waals surface area (Å²) >= 11 is 0.976. The molecular weight excluding hydrogens is 396 g/mol. The van der Waals surface area contributed by atoms with Crippen LogP contribution in [0.4, 0.5) is 13.2 Å². The number of phenolic OH excluding ortho intramolecular Hbond substituents is 1. The molecule has 5 nitrogen and oxygen atoms in total. The number of carbonyl (C=O) groups is 1. The van der Waals surface area contributed by atoms with E-state index in [0.29, 0.717) is 5.47 Å².